The van der Waals surface area contributed by atoms with Crippen molar-refractivity contribution in [2.45, 2.75) is 0 Å². The molecular formula is C12H15N3O2. The second kappa shape index (κ2) is 6.47. The van der Waals surface area contributed by atoms with Gasteiger partial charge in [0.05, 0.1) is 0 Å². The molecule has 0 fully saturated rings. The third kappa shape index (κ3) is 3.44. The van der Waals surface area contributed by atoms with E-state index in [9.17, 15) is 4.79 Å². The largest absolute Gasteiger partial charge is 0.480 e. The average molecular weight is 233 g/mol. The van der Waals surface area contributed by atoms with Crippen LogP contribution in [0, 0.1) is 0 Å². The van der Waals surface area contributed by atoms with Crippen LogP contribution in [0.15, 0.2) is 42.5 Å². The van der Waals surface area contributed by atoms with Gasteiger partial charge in [0, 0.05) is 11.1 Å². The van der Waals surface area contributed by atoms with Crippen LogP contribution in [-0.4, -0.2) is 17.6 Å². The Labute approximate surface area is 99.0 Å². The molecule has 5 nitrogen and oxygen atoms in total. The molecule has 0 amide bonds. The van der Waals surface area contributed by atoms with E-state index in [0.717, 1.165) is 16.5 Å². The maximum absolute atomic E-state index is 10.4. The number of carboxylic acid groups (broad SMARTS) is 1. The summed E-state index contributed by atoms with van der Waals surface area (Å²) in [6.07, 6.45) is 0. The maximum Gasteiger partial charge on any atom is 0.322 e. The van der Waals surface area contributed by atoms with Crippen LogP contribution in [0.3, 0.4) is 0 Å². The molecule has 2 aromatic rings. The lowest BCUT2D eigenvalue weighted by molar-refractivity contribution is -0.134. The van der Waals surface area contributed by atoms with Crippen molar-refractivity contribution in [1.29, 1.82) is 0 Å². The summed E-state index contributed by atoms with van der Waals surface area (Å²) in [4.78, 5) is 10.4. The van der Waals surface area contributed by atoms with Crippen molar-refractivity contribution in [1.82, 2.24) is 0 Å². The third-order valence-corrected chi connectivity index (χ3v) is 2.22. The van der Waals surface area contributed by atoms with Gasteiger partial charge in [-0.2, -0.15) is 0 Å². The van der Waals surface area contributed by atoms with Crippen molar-refractivity contribution in [3.8, 4) is 0 Å². The highest BCUT2D eigenvalue weighted by Crippen LogP contribution is 2.22. The molecule has 0 unspecified atom stereocenters. The fourth-order valence-corrected chi connectivity index (χ4v) is 1.55. The van der Waals surface area contributed by atoms with Gasteiger partial charge in [0.15, 0.2) is 0 Å². The van der Waals surface area contributed by atoms with Crippen molar-refractivity contribution in [3.63, 3.8) is 0 Å². The summed E-state index contributed by atoms with van der Waals surface area (Å²) in [6.45, 7) is -0.0615. The number of anilines is 1. The molecular weight excluding hydrogens is 218 g/mol. The van der Waals surface area contributed by atoms with Crippen LogP contribution < -0.4 is 17.0 Å². The Morgan fingerprint density at radius 2 is 1.76 bits per heavy atom. The number of fused-ring (bicyclic) bond motifs is 1. The van der Waals surface area contributed by atoms with E-state index < -0.39 is 5.97 Å². The molecule has 6 N–H and O–H groups in total. The van der Waals surface area contributed by atoms with Crippen LogP contribution in [0.4, 0.5) is 5.69 Å². The molecule has 0 spiro atoms. The summed E-state index contributed by atoms with van der Waals surface area (Å²) in [5.74, 6) is 7.14. The van der Waals surface area contributed by atoms with Crippen LogP contribution in [0.1, 0.15) is 0 Å². The highest BCUT2D eigenvalue weighted by molar-refractivity contribution is 5.94. The fraction of sp³-hybridized carbons (Fsp3) is 0.0833. The summed E-state index contributed by atoms with van der Waals surface area (Å²) >= 11 is 0. The molecule has 90 valence electrons. The van der Waals surface area contributed by atoms with E-state index in [1.807, 2.05) is 42.5 Å². The van der Waals surface area contributed by atoms with Gasteiger partial charge >= 0.3 is 5.97 Å². The van der Waals surface area contributed by atoms with Gasteiger partial charge in [0.25, 0.3) is 0 Å². The quantitative estimate of drug-likeness (QED) is 0.470. The molecule has 5 heteroatoms. The van der Waals surface area contributed by atoms with Gasteiger partial charge in [-0.3, -0.25) is 16.5 Å². The number of hydrogen-bond donors (Lipinski definition) is 4. The van der Waals surface area contributed by atoms with Gasteiger partial charge in [-0.05, 0) is 11.5 Å². The predicted octanol–water partition coefficient (Wildman–Crippen LogP) is 1.16. The number of nitrogens with one attached hydrogen (secondary N) is 1. The van der Waals surface area contributed by atoms with E-state index >= 15 is 0 Å². The fourth-order valence-electron chi connectivity index (χ4n) is 1.55. The first-order chi connectivity index (χ1) is 8.27. The van der Waals surface area contributed by atoms with Crippen molar-refractivity contribution < 1.29 is 9.90 Å². The molecule has 2 aromatic carbocycles. The molecule has 0 aliphatic heterocycles. The van der Waals surface area contributed by atoms with E-state index in [1.165, 1.54) is 0 Å². The lowest BCUT2D eigenvalue weighted by Crippen LogP contribution is -2.12. The van der Waals surface area contributed by atoms with Crippen LogP contribution in [0.5, 0.6) is 0 Å². The van der Waals surface area contributed by atoms with Crippen LogP contribution in [0.2, 0.25) is 0 Å². The third-order valence-electron chi connectivity index (χ3n) is 2.22. The monoisotopic (exact) mass is 233 g/mol. The Morgan fingerprint density at radius 1 is 1.12 bits per heavy atom. The molecule has 0 aromatic heterocycles. The first-order valence-corrected chi connectivity index (χ1v) is 5.04. The molecule has 0 atom stereocenters. The zero-order valence-electron chi connectivity index (χ0n) is 9.26. The first-order valence-electron chi connectivity index (χ1n) is 5.04. The lowest BCUT2D eigenvalue weighted by Gasteiger charge is -2.07. The minimum absolute atomic E-state index is 0.0615. The minimum Gasteiger partial charge on any atom is -0.480 e. The summed E-state index contributed by atoms with van der Waals surface area (Å²) in [6, 6.07) is 13.7. The van der Waals surface area contributed by atoms with E-state index in [1.54, 1.807) is 0 Å². The zero-order chi connectivity index (χ0) is 12.7. The Morgan fingerprint density at radius 3 is 2.47 bits per heavy atom. The summed E-state index contributed by atoms with van der Waals surface area (Å²) < 4.78 is 0. The van der Waals surface area contributed by atoms with E-state index in [-0.39, 0.29) is 6.54 Å². The summed E-state index contributed by atoms with van der Waals surface area (Å²) in [5.41, 5.74) is 0.857. The zero-order valence-corrected chi connectivity index (χ0v) is 9.26. The number of carbonyl (C=O) groups is 1. The van der Waals surface area contributed by atoms with Crippen molar-refractivity contribution >= 4 is 22.4 Å². The molecule has 0 aliphatic rings. The molecule has 0 bridgehead atoms. The topological polar surface area (TPSA) is 101 Å². The number of aliphatic carboxylic acids is 1. The second-order valence-electron chi connectivity index (χ2n) is 3.27. The number of rotatable bonds is 3. The van der Waals surface area contributed by atoms with Crippen molar-refractivity contribution in [2.75, 3.05) is 11.9 Å². The summed E-state index contributed by atoms with van der Waals surface area (Å²) in [5, 5.41) is 13.6. The smallest absolute Gasteiger partial charge is 0.322 e. The van der Waals surface area contributed by atoms with Gasteiger partial charge in [-0.25, -0.2) is 0 Å². The van der Waals surface area contributed by atoms with Gasteiger partial charge in [-0.1, -0.05) is 36.4 Å². The van der Waals surface area contributed by atoms with Crippen LogP contribution in [-0.2, 0) is 4.79 Å². The summed E-state index contributed by atoms with van der Waals surface area (Å²) in [7, 11) is 0. The van der Waals surface area contributed by atoms with Crippen LogP contribution in [0.25, 0.3) is 10.8 Å². The SMILES string of the molecule is NN.O=C(O)CNc1cccc2ccccc12. The molecule has 0 saturated heterocycles. The van der Waals surface area contributed by atoms with Gasteiger partial charge in [0.2, 0.25) is 0 Å². The van der Waals surface area contributed by atoms with E-state index in [0.29, 0.717) is 0 Å². The molecule has 0 saturated carbocycles. The molecule has 17 heavy (non-hydrogen) atoms. The Balaban J connectivity index is 0.000000686. The number of carboxylic acids is 1. The standard InChI is InChI=1S/C12H11NO2.H4N2/c14-12(15)8-13-11-7-3-5-9-4-1-2-6-10(9)11;1-2/h1-7,13H,8H2,(H,14,15);1-2H2. The van der Waals surface area contributed by atoms with E-state index in [2.05, 4.69) is 17.0 Å². The number of hydrogen-bond acceptors (Lipinski definition) is 4. The van der Waals surface area contributed by atoms with Crippen molar-refractivity contribution in [2.24, 2.45) is 11.7 Å². The highest BCUT2D eigenvalue weighted by Gasteiger charge is 2.01. The number of benzene rings is 2. The van der Waals surface area contributed by atoms with Crippen molar-refractivity contribution in [3.05, 3.63) is 42.5 Å². The molecule has 0 aliphatic carbocycles. The Hall–Kier alpha value is -2.11. The van der Waals surface area contributed by atoms with Crippen LogP contribution >= 0.6 is 0 Å². The number of nitrogens with two attached hydrogens (primary N) is 2. The lowest BCUT2D eigenvalue weighted by atomic mass is 10.1. The predicted molar refractivity (Wildman–Crippen MR) is 68.4 cm³/mol. The molecule has 0 radical (unpaired) electrons. The highest BCUT2D eigenvalue weighted by atomic mass is 16.4. The Kier molecular flexibility index (Phi) is 4.93. The molecule has 0 heterocycles. The second-order valence-corrected chi connectivity index (χ2v) is 3.27. The first kappa shape index (κ1) is 13.0. The number of hydrazine groups is 1. The van der Waals surface area contributed by atoms with Gasteiger partial charge < -0.3 is 10.4 Å². The van der Waals surface area contributed by atoms with Gasteiger partial charge in [0.1, 0.15) is 6.54 Å². The maximum atomic E-state index is 10.4. The normalized spacial score (nSPS) is 9.29. The minimum atomic E-state index is -0.858. The molecule has 2 rings (SSSR count). The van der Waals surface area contributed by atoms with Gasteiger partial charge in [-0.15, -0.1) is 0 Å². The Bertz CT molecular complexity index is 495. The van der Waals surface area contributed by atoms with E-state index in [4.69, 9.17) is 5.11 Å². The average Bonchev–Trinajstić information content (AvgIpc) is 2.38.